The number of para-hydroxylation sites is 1. The van der Waals surface area contributed by atoms with Crippen molar-refractivity contribution in [1.29, 1.82) is 0 Å². The normalized spacial score (nSPS) is 20.2. The molecule has 4 rings (SSSR count). The number of methoxy groups -OCH3 is 1. The summed E-state index contributed by atoms with van der Waals surface area (Å²) in [5, 5.41) is 0. The highest BCUT2D eigenvalue weighted by Gasteiger charge is 2.58. The first-order chi connectivity index (χ1) is 13.0. The summed E-state index contributed by atoms with van der Waals surface area (Å²) in [6, 6.07) is 14.2. The fourth-order valence-corrected chi connectivity index (χ4v) is 4.80. The molecule has 6 nitrogen and oxygen atoms in total. The van der Waals surface area contributed by atoms with Gasteiger partial charge < -0.3 is 9.47 Å². The zero-order valence-corrected chi connectivity index (χ0v) is 15.5. The minimum atomic E-state index is -1.02. The molecule has 0 bridgehead atoms. The molecule has 0 unspecified atom stereocenters. The topological polar surface area (TPSA) is 72.9 Å². The number of carbonyl (C=O) groups is 3. The predicted molar refractivity (Wildman–Crippen MR) is 99.3 cm³/mol. The summed E-state index contributed by atoms with van der Waals surface area (Å²) < 4.78 is 10.2. The van der Waals surface area contributed by atoms with Crippen LogP contribution in [0.2, 0.25) is 0 Å². The summed E-state index contributed by atoms with van der Waals surface area (Å²) in [5.41, 5.74) is 1.95. The van der Waals surface area contributed by atoms with Crippen LogP contribution in [0.1, 0.15) is 28.8 Å². The van der Waals surface area contributed by atoms with Crippen molar-refractivity contribution in [1.82, 2.24) is 0 Å². The Morgan fingerprint density at radius 1 is 1.15 bits per heavy atom. The Kier molecular flexibility index (Phi) is 4.39. The van der Waals surface area contributed by atoms with Crippen LogP contribution in [0.5, 0.6) is 0 Å². The molecule has 2 aromatic carbocycles. The number of esters is 2. The molecular formula is C20H17NO5S. The molecule has 0 spiro atoms. The molecule has 0 aliphatic carbocycles. The zero-order chi connectivity index (χ0) is 19.0. The lowest BCUT2D eigenvalue weighted by Crippen LogP contribution is -2.47. The standard InChI is InChI=1S/C20H17NO5S/c1-25-18(23)14-8-6-13(7-9-14)12-26-19(24)20-11-10-17(22)21(20)15-4-2-3-5-16(15)27-20/h2-9H,10-12H2,1H3/t20-/m1/s1. The van der Waals surface area contributed by atoms with Crippen LogP contribution in [-0.4, -0.2) is 29.8 Å². The van der Waals surface area contributed by atoms with Gasteiger partial charge in [-0.2, -0.15) is 0 Å². The average molecular weight is 383 g/mol. The van der Waals surface area contributed by atoms with Crippen LogP contribution in [0.25, 0.3) is 0 Å². The van der Waals surface area contributed by atoms with Crippen LogP contribution in [0.3, 0.4) is 0 Å². The second kappa shape index (κ2) is 6.74. The number of hydrogen-bond acceptors (Lipinski definition) is 6. The number of rotatable bonds is 4. The number of carbonyl (C=O) groups excluding carboxylic acids is 3. The molecule has 2 aliphatic rings. The average Bonchev–Trinajstić information content (AvgIpc) is 3.21. The van der Waals surface area contributed by atoms with Gasteiger partial charge in [-0.25, -0.2) is 9.59 Å². The van der Waals surface area contributed by atoms with E-state index < -0.39 is 16.8 Å². The number of anilines is 1. The third kappa shape index (κ3) is 2.88. The Bertz CT molecular complexity index is 926. The summed E-state index contributed by atoms with van der Waals surface area (Å²) in [6.07, 6.45) is 0.746. The maximum absolute atomic E-state index is 12.9. The second-order valence-electron chi connectivity index (χ2n) is 6.35. The van der Waals surface area contributed by atoms with Gasteiger partial charge in [0.1, 0.15) is 6.61 Å². The van der Waals surface area contributed by atoms with E-state index >= 15 is 0 Å². The number of thioether (sulfide) groups is 1. The van der Waals surface area contributed by atoms with Crippen molar-refractivity contribution in [2.45, 2.75) is 29.2 Å². The van der Waals surface area contributed by atoms with E-state index in [1.165, 1.54) is 18.9 Å². The number of nitrogens with zero attached hydrogens (tertiary/aromatic N) is 1. The van der Waals surface area contributed by atoms with Crippen LogP contribution in [0, 0.1) is 0 Å². The molecule has 1 atom stereocenters. The number of ether oxygens (including phenoxy) is 2. The molecule has 2 aromatic rings. The zero-order valence-electron chi connectivity index (χ0n) is 14.6. The summed E-state index contributed by atoms with van der Waals surface area (Å²) in [5.74, 6) is -0.906. The smallest absolute Gasteiger partial charge is 0.343 e. The molecule has 0 saturated carbocycles. The van der Waals surface area contributed by atoms with Gasteiger partial charge in [-0.3, -0.25) is 9.69 Å². The van der Waals surface area contributed by atoms with Crippen molar-refractivity contribution in [3.05, 3.63) is 59.7 Å². The Hall–Kier alpha value is -2.80. The molecule has 1 amide bonds. The van der Waals surface area contributed by atoms with Crippen LogP contribution in [0.15, 0.2) is 53.4 Å². The Morgan fingerprint density at radius 2 is 1.89 bits per heavy atom. The van der Waals surface area contributed by atoms with Crippen LogP contribution in [0.4, 0.5) is 5.69 Å². The van der Waals surface area contributed by atoms with Gasteiger partial charge in [0.25, 0.3) is 0 Å². The van der Waals surface area contributed by atoms with Gasteiger partial charge in [-0.1, -0.05) is 36.0 Å². The molecular weight excluding hydrogens is 366 g/mol. The Morgan fingerprint density at radius 3 is 2.63 bits per heavy atom. The minimum absolute atomic E-state index is 0.0631. The summed E-state index contributed by atoms with van der Waals surface area (Å²) in [7, 11) is 1.32. The quantitative estimate of drug-likeness (QED) is 0.756. The van der Waals surface area contributed by atoms with Gasteiger partial charge >= 0.3 is 11.9 Å². The number of fused-ring (bicyclic) bond motifs is 3. The lowest BCUT2D eigenvalue weighted by atomic mass is 10.1. The lowest BCUT2D eigenvalue weighted by Gasteiger charge is -2.28. The van der Waals surface area contributed by atoms with E-state index in [0.29, 0.717) is 18.4 Å². The highest BCUT2D eigenvalue weighted by Crippen LogP contribution is 2.56. The fraction of sp³-hybridized carbons (Fsp3) is 0.250. The summed E-state index contributed by atoms with van der Waals surface area (Å²) >= 11 is 1.38. The van der Waals surface area contributed by atoms with E-state index in [-0.39, 0.29) is 12.5 Å². The molecule has 2 aliphatic heterocycles. The monoisotopic (exact) mass is 383 g/mol. The number of amides is 1. The first-order valence-corrected chi connectivity index (χ1v) is 9.32. The second-order valence-corrected chi connectivity index (χ2v) is 7.67. The van der Waals surface area contributed by atoms with Crippen LogP contribution >= 0.6 is 11.8 Å². The van der Waals surface area contributed by atoms with Crippen molar-refractivity contribution >= 4 is 35.3 Å². The van der Waals surface area contributed by atoms with Gasteiger partial charge in [-0.05, 0) is 29.8 Å². The largest absolute Gasteiger partial charge is 0.465 e. The van der Waals surface area contributed by atoms with E-state index in [2.05, 4.69) is 4.74 Å². The van der Waals surface area contributed by atoms with Crippen molar-refractivity contribution in [2.24, 2.45) is 0 Å². The molecule has 27 heavy (non-hydrogen) atoms. The Labute approximate surface area is 160 Å². The molecule has 2 heterocycles. The molecule has 1 fully saturated rings. The van der Waals surface area contributed by atoms with E-state index in [1.54, 1.807) is 29.2 Å². The number of hydrogen-bond donors (Lipinski definition) is 0. The van der Waals surface area contributed by atoms with Crippen molar-refractivity contribution in [3.63, 3.8) is 0 Å². The molecule has 138 valence electrons. The minimum Gasteiger partial charge on any atom is -0.465 e. The third-order valence-electron chi connectivity index (χ3n) is 4.74. The number of benzene rings is 2. The predicted octanol–water partition coefficient (Wildman–Crippen LogP) is 3.15. The molecule has 0 aromatic heterocycles. The first-order valence-electron chi connectivity index (χ1n) is 8.51. The lowest BCUT2D eigenvalue weighted by molar-refractivity contribution is -0.148. The fourth-order valence-electron chi connectivity index (χ4n) is 3.39. The molecule has 0 N–H and O–H groups in total. The first kappa shape index (κ1) is 17.6. The van der Waals surface area contributed by atoms with E-state index in [9.17, 15) is 14.4 Å². The van der Waals surface area contributed by atoms with Crippen molar-refractivity contribution in [2.75, 3.05) is 12.0 Å². The summed E-state index contributed by atoms with van der Waals surface area (Å²) in [6.45, 7) is 0.0704. The maximum atomic E-state index is 12.9. The van der Waals surface area contributed by atoms with E-state index in [4.69, 9.17) is 4.74 Å². The van der Waals surface area contributed by atoms with Crippen LogP contribution in [-0.2, 0) is 25.7 Å². The van der Waals surface area contributed by atoms with Gasteiger partial charge in [0.15, 0.2) is 4.87 Å². The van der Waals surface area contributed by atoms with Crippen LogP contribution < -0.4 is 4.90 Å². The SMILES string of the molecule is COC(=O)c1ccc(COC(=O)[C@]23CCC(=O)N2c2ccccc2S3)cc1. The molecule has 1 saturated heterocycles. The van der Waals surface area contributed by atoms with Gasteiger partial charge in [0.2, 0.25) is 5.91 Å². The van der Waals surface area contributed by atoms with Gasteiger partial charge in [0, 0.05) is 17.7 Å². The van der Waals surface area contributed by atoms with Crippen molar-refractivity contribution < 1.29 is 23.9 Å². The highest BCUT2D eigenvalue weighted by molar-refractivity contribution is 8.02. The third-order valence-corrected chi connectivity index (χ3v) is 6.19. The van der Waals surface area contributed by atoms with Gasteiger partial charge in [-0.15, -0.1) is 0 Å². The van der Waals surface area contributed by atoms with Crippen molar-refractivity contribution in [3.8, 4) is 0 Å². The summed E-state index contributed by atoms with van der Waals surface area (Å²) in [4.78, 5) is 38.3. The van der Waals surface area contributed by atoms with E-state index in [1.807, 2.05) is 24.3 Å². The highest BCUT2D eigenvalue weighted by atomic mass is 32.2. The molecule has 7 heteroatoms. The molecule has 0 radical (unpaired) electrons. The maximum Gasteiger partial charge on any atom is 0.343 e. The van der Waals surface area contributed by atoms with Gasteiger partial charge in [0.05, 0.1) is 18.4 Å². The van der Waals surface area contributed by atoms with E-state index in [0.717, 1.165) is 16.1 Å². The Balaban J connectivity index is 1.50.